The van der Waals surface area contributed by atoms with Crippen molar-refractivity contribution >= 4 is 0 Å². The van der Waals surface area contributed by atoms with Crippen molar-refractivity contribution < 1.29 is 14.0 Å². The Balaban J connectivity index is 1.98. The zero-order valence-electron chi connectivity index (χ0n) is 11.9. The summed E-state index contributed by atoms with van der Waals surface area (Å²) in [6, 6.07) is 5.99. The number of hydrogen-bond donors (Lipinski definition) is 2. The Bertz CT molecular complexity index is 564. The summed E-state index contributed by atoms with van der Waals surface area (Å²) in [5, 5.41) is 17.2. The number of rotatable bonds is 5. The molecule has 1 aromatic heterocycles. The highest BCUT2D eigenvalue weighted by atomic mass is 19.1. The molecule has 4 nitrogen and oxygen atoms in total. The van der Waals surface area contributed by atoms with Crippen LogP contribution in [0.15, 0.2) is 28.8 Å². The van der Waals surface area contributed by atoms with Gasteiger partial charge in [-0.3, -0.25) is 0 Å². The molecular formula is C15H19FN2O2. The zero-order chi connectivity index (χ0) is 14.7. The van der Waals surface area contributed by atoms with Crippen LogP contribution in [0.5, 0.6) is 0 Å². The number of aliphatic hydroxyl groups is 1. The molecule has 1 aromatic carbocycles. The average Bonchev–Trinajstić information content (AvgIpc) is 2.75. The maximum Gasteiger partial charge on any atom is 0.138 e. The lowest BCUT2D eigenvalue weighted by molar-refractivity contribution is 0.170. The maximum absolute atomic E-state index is 13.1. The predicted octanol–water partition coefficient (Wildman–Crippen LogP) is 2.81. The maximum atomic E-state index is 13.1. The van der Waals surface area contributed by atoms with E-state index in [4.69, 9.17) is 4.52 Å². The van der Waals surface area contributed by atoms with E-state index in [1.165, 1.54) is 12.1 Å². The van der Waals surface area contributed by atoms with Crippen molar-refractivity contribution in [1.82, 2.24) is 10.5 Å². The van der Waals surface area contributed by atoms with Crippen LogP contribution in [0, 0.1) is 19.7 Å². The van der Waals surface area contributed by atoms with Gasteiger partial charge in [0, 0.05) is 18.2 Å². The van der Waals surface area contributed by atoms with Gasteiger partial charge in [0.15, 0.2) is 0 Å². The first-order chi connectivity index (χ1) is 9.49. The van der Waals surface area contributed by atoms with Crippen molar-refractivity contribution in [3.8, 4) is 0 Å². The normalized spacial score (nSPS) is 14.2. The largest absolute Gasteiger partial charge is 0.387 e. The van der Waals surface area contributed by atoms with Gasteiger partial charge < -0.3 is 14.9 Å². The lowest BCUT2D eigenvalue weighted by Gasteiger charge is -2.17. The molecule has 0 aliphatic rings. The molecule has 0 radical (unpaired) electrons. The van der Waals surface area contributed by atoms with Gasteiger partial charge in [0.05, 0.1) is 11.8 Å². The second-order valence-electron chi connectivity index (χ2n) is 4.94. The topological polar surface area (TPSA) is 58.3 Å². The minimum absolute atomic E-state index is 0.00413. The number of benzene rings is 1. The molecule has 2 atom stereocenters. The van der Waals surface area contributed by atoms with Crippen molar-refractivity contribution in [3.05, 3.63) is 52.7 Å². The first-order valence-electron chi connectivity index (χ1n) is 6.58. The molecular weight excluding hydrogens is 259 g/mol. The van der Waals surface area contributed by atoms with Crippen LogP contribution >= 0.6 is 0 Å². The van der Waals surface area contributed by atoms with Crippen LogP contribution in [0.25, 0.3) is 0 Å². The lowest BCUT2D eigenvalue weighted by atomic mass is 10.1. The number of nitrogens with zero attached hydrogens (tertiary/aromatic N) is 1. The van der Waals surface area contributed by atoms with E-state index in [0.29, 0.717) is 12.1 Å². The van der Waals surface area contributed by atoms with E-state index in [9.17, 15) is 9.50 Å². The van der Waals surface area contributed by atoms with Gasteiger partial charge in [-0.25, -0.2) is 4.39 Å². The van der Waals surface area contributed by atoms with E-state index >= 15 is 0 Å². The zero-order valence-corrected chi connectivity index (χ0v) is 11.9. The van der Waals surface area contributed by atoms with Gasteiger partial charge in [-0.15, -0.1) is 0 Å². The molecule has 108 valence electrons. The average molecular weight is 278 g/mol. The van der Waals surface area contributed by atoms with Crippen LogP contribution in [-0.2, 0) is 0 Å². The molecule has 2 rings (SSSR count). The molecule has 0 saturated heterocycles. The van der Waals surface area contributed by atoms with E-state index in [1.54, 1.807) is 12.1 Å². The monoisotopic (exact) mass is 278 g/mol. The quantitative estimate of drug-likeness (QED) is 0.883. The summed E-state index contributed by atoms with van der Waals surface area (Å²) < 4.78 is 18.2. The molecule has 0 spiro atoms. The van der Waals surface area contributed by atoms with Crippen molar-refractivity contribution in [2.45, 2.75) is 32.9 Å². The van der Waals surface area contributed by atoms with Gasteiger partial charge in [-0.1, -0.05) is 17.3 Å². The Morgan fingerprint density at radius 3 is 2.75 bits per heavy atom. The van der Waals surface area contributed by atoms with Crippen molar-refractivity contribution in [2.24, 2.45) is 0 Å². The van der Waals surface area contributed by atoms with Gasteiger partial charge >= 0.3 is 0 Å². The highest BCUT2D eigenvalue weighted by Gasteiger charge is 2.17. The first-order valence-corrected chi connectivity index (χ1v) is 6.58. The van der Waals surface area contributed by atoms with Crippen LogP contribution in [0.1, 0.15) is 41.7 Å². The van der Waals surface area contributed by atoms with Crippen molar-refractivity contribution in [1.29, 1.82) is 0 Å². The van der Waals surface area contributed by atoms with Gasteiger partial charge in [0.1, 0.15) is 11.6 Å². The van der Waals surface area contributed by atoms with E-state index in [-0.39, 0.29) is 11.9 Å². The third-order valence-corrected chi connectivity index (χ3v) is 3.37. The second kappa shape index (κ2) is 6.15. The summed E-state index contributed by atoms with van der Waals surface area (Å²) >= 11 is 0. The SMILES string of the molecule is Cc1noc(C)c1C(C)NCC(O)c1cccc(F)c1. The molecule has 1 heterocycles. The summed E-state index contributed by atoms with van der Waals surface area (Å²) in [6.45, 7) is 6.04. The summed E-state index contributed by atoms with van der Waals surface area (Å²) in [6.07, 6.45) is -0.756. The highest BCUT2D eigenvalue weighted by molar-refractivity contribution is 5.24. The molecule has 0 bridgehead atoms. The molecule has 0 aliphatic heterocycles. The fourth-order valence-corrected chi connectivity index (χ4v) is 2.33. The van der Waals surface area contributed by atoms with Crippen molar-refractivity contribution in [2.75, 3.05) is 6.54 Å². The number of halogens is 1. The van der Waals surface area contributed by atoms with E-state index in [0.717, 1.165) is 17.0 Å². The standard InChI is InChI=1S/C15H19FN2O2/c1-9(15-10(2)18-20-11(15)3)17-8-14(19)12-5-4-6-13(16)7-12/h4-7,9,14,17,19H,8H2,1-3H3. The molecule has 2 aromatic rings. The Kier molecular flexibility index (Phi) is 4.52. The van der Waals surface area contributed by atoms with Crippen LogP contribution in [0.2, 0.25) is 0 Å². The van der Waals surface area contributed by atoms with Crippen molar-refractivity contribution in [3.63, 3.8) is 0 Å². The fourth-order valence-electron chi connectivity index (χ4n) is 2.33. The summed E-state index contributed by atoms with van der Waals surface area (Å²) in [5.74, 6) is 0.420. The van der Waals surface area contributed by atoms with Gasteiger partial charge in [-0.2, -0.15) is 0 Å². The third kappa shape index (κ3) is 3.23. The van der Waals surface area contributed by atoms with E-state index in [1.807, 2.05) is 20.8 Å². The van der Waals surface area contributed by atoms with Crippen LogP contribution < -0.4 is 5.32 Å². The Hall–Kier alpha value is -1.72. The van der Waals surface area contributed by atoms with E-state index in [2.05, 4.69) is 10.5 Å². The minimum atomic E-state index is -0.756. The summed E-state index contributed by atoms with van der Waals surface area (Å²) in [7, 11) is 0. The van der Waals surface area contributed by atoms with Crippen LogP contribution in [0.3, 0.4) is 0 Å². The third-order valence-electron chi connectivity index (χ3n) is 3.37. The Labute approximate surface area is 117 Å². The van der Waals surface area contributed by atoms with Gasteiger partial charge in [-0.05, 0) is 38.5 Å². The number of aryl methyl sites for hydroxylation is 2. The molecule has 5 heteroatoms. The Morgan fingerprint density at radius 2 is 2.15 bits per heavy atom. The number of aromatic nitrogens is 1. The summed E-state index contributed by atoms with van der Waals surface area (Å²) in [5.41, 5.74) is 2.39. The summed E-state index contributed by atoms with van der Waals surface area (Å²) in [4.78, 5) is 0. The number of hydrogen-bond acceptors (Lipinski definition) is 4. The van der Waals surface area contributed by atoms with Crippen LogP contribution in [-0.4, -0.2) is 16.8 Å². The van der Waals surface area contributed by atoms with Gasteiger partial charge in [0.25, 0.3) is 0 Å². The molecule has 2 N–H and O–H groups in total. The van der Waals surface area contributed by atoms with Gasteiger partial charge in [0.2, 0.25) is 0 Å². The minimum Gasteiger partial charge on any atom is -0.387 e. The highest BCUT2D eigenvalue weighted by Crippen LogP contribution is 2.22. The number of aliphatic hydroxyl groups excluding tert-OH is 1. The molecule has 20 heavy (non-hydrogen) atoms. The first kappa shape index (κ1) is 14.7. The second-order valence-corrected chi connectivity index (χ2v) is 4.94. The molecule has 0 amide bonds. The molecule has 0 fully saturated rings. The molecule has 0 saturated carbocycles. The smallest absolute Gasteiger partial charge is 0.138 e. The molecule has 2 unspecified atom stereocenters. The lowest BCUT2D eigenvalue weighted by Crippen LogP contribution is -2.25. The number of nitrogens with one attached hydrogen (secondary N) is 1. The van der Waals surface area contributed by atoms with E-state index < -0.39 is 6.10 Å². The predicted molar refractivity (Wildman–Crippen MR) is 73.8 cm³/mol. The van der Waals surface area contributed by atoms with Crippen LogP contribution in [0.4, 0.5) is 4.39 Å². The Morgan fingerprint density at radius 1 is 1.40 bits per heavy atom. The fraction of sp³-hybridized carbons (Fsp3) is 0.400. The molecule has 0 aliphatic carbocycles.